The molecule has 0 atom stereocenters. The minimum atomic E-state index is -0.0884. The Morgan fingerprint density at radius 3 is 2.30 bits per heavy atom. The van der Waals surface area contributed by atoms with Crippen LogP contribution in [-0.4, -0.2) is 17.4 Å². The lowest BCUT2D eigenvalue weighted by Crippen LogP contribution is -2.29. The lowest BCUT2D eigenvalue weighted by molar-refractivity contribution is 0.102. The van der Waals surface area contributed by atoms with E-state index < -0.39 is 0 Å². The lowest BCUT2D eigenvalue weighted by Gasteiger charge is -2.28. The largest absolute Gasteiger partial charge is 0.321 e. The predicted octanol–water partition coefficient (Wildman–Crippen LogP) is 6.65. The molecule has 0 aliphatic carbocycles. The number of carbonyl (C=O) groups excluding carboxylic acids is 1. The number of amides is 1. The van der Waals surface area contributed by atoms with Crippen molar-refractivity contribution in [1.82, 2.24) is 4.90 Å². The average molecular weight is 451 g/mol. The van der Waals surface area contributed by atoms with Crippen molar-refractivity contribution in [3.05, 3.63) is 125 Å². The first-order valence-corrected chi connectivity index (χ1v) is 12.1. The molecule has 4 aromatic carbocycles. The third-order valence-electron chi connectivity index (χ3n) is 5.94. The van der Waals surface area contributed by atoms with E-state index in [0.717, 1.165) is 41.5 Å². The minimum Gasteiger partial charge on any atom is -0.321 e. The summed E-state index contributed by atoms with van der Waals surface area (Å²) < 4.78 is 0. The van der Waals surface area contributed by atoms with Gasteiger partial charge in [0, 0.05) is 35.0 Å². The quantitative estimate of drug-likeness (QED) is 0.357. The Kier molecular flexibility index (Phi) is 6.56. The molecule has 0 saturated carbocycles. The Hall–Kier alpha value is -3.34. The topological polar surface area (TPSA) is 32.3 Å². The highest BCUT2D eigenvalue weighted by molar-refractivity contribution is 7.99. The molecule has 0 bridgehead atoms. The summed E-state index contributed by atoms with van der Waals surface area (Å²) in [5.74, 6) is -0.0884. The van der Waals surface area contributed by atoms with Crippen LogP contribution in [0.15, 0.2) is 113 Å². The van der Waals surface area contributed by atoms with Gasteiger partial charge in [0.1, 0.15) is 0 Å². The lowest BCUT2D eigenvalue weighted by atomic mass is 9.99. The summed E-state index contributed by atoms with van der Waals surface area (Å²) in [6, 6.07) is 34.8. The van der Waals surface area contributed by atoms with Crippen molar-refractivity contribution >= 4 is 23.4 Å². The van der Waals surface area contributed by atoms with Gasteiger partial charge in [-0.05, 0) is 59.5 Å². The summed E-state index contributed by atoms with van der Waals surface area (Å²) in [4.78, 5) is 17.6. The number of benzene rings is 4. The molecule has 1 aliphatic heterocycles. The van der Waals surface area contributed by atoms with E-state index in [9.17, 15) is 4.79 Å². The zero-order chi connectivity index (χ0) is 22.5. The smallest absolute Gasteiger partial charge is 0.255 e. The molecule has 0 radical (unpaired) electrons. The Morgan fingerprint density at radius 2 is 1.48 bits per heavy atom. The fraction of sp³-hybridized carbons (Fsp3) is 0.138. The van der Waals surface area contributed by atoms with E-state index in [2.05, 4.69) is 58.7 Å². The van der Waals surface area contributed by atoms with E-state index in [1.54, 1.807) is 11.8 Å². The van der Waals surface area contributed by atoms with Crippen LogP contribution in [0.2, 0.25) is 0 Å². The van der Waals surface area contributed by atoms with E-state index in [-0.39, 0.29) is 5.91 Å². The van der Waals surface area contributed by atoms with Crippen LogP contribution in [-0.2, 0) is 19.5 Å². The van der Waals surface area contributed by atoms with Crippen LogP contribution >= 0.6 is 11.8 Å². The third kappa shape index (κ3) is 5.36. The Labute approximate surface area is 199 Å². The van der Waals surface area contributed by atoms with Gasteiger partial charge in [-0.3, -0.25) is 9.69 Å². The summed E-state index contributed by atoms with van der Waals surface area (Å²) in [7, 11) is 0. The van der Waals surface area contributed by atoms with Crippen molar-refractivity contribution in [2.75, 3.05) is 11.9 Å². The number of carbonyl (C=O) groups is 1. The highest BCUT2D eigenvalue weighted by Crippen LogP contribution is 2.33. The molecule has 4 heteroatoms. The van der Waals surface area contributed by atoms with E-state index in [1.807, 2.05) is 54.6 Å². The first kappa shape index (κ1) is 21.5. The molecule has 0 unspecified atom stereocenters. The second-order valence-electron chi connectivity index (χ2n) is 8.29. The minimum absolute atomic E-state index is 0.0884. The van der Waals surface area contributed by atoms with Crippen LogP contribution in [0.1, 0.15) is 27.0 Å². The molecule has 4 aromatic rings. The van der Waals surface area contributed by atoms with Crippen molar-refractivity contribution in [3.8, 4) is 0 Å². The second kappa shape index (κ2) is 10.1. The first-order valence-electron chi connectivity index (χ1n) is 11.3. The molecule has 3 nitrogen and oxygen atoms in total. The van der Waals surface area contributed by atoms with E-state index in [4.69, 9.17) is 0 Å². The molecule has 0 saturated heterocycles. The molecule has 1 N–H and O–H groups in total. The van der Waals surface area contributed by atoms with E-state index >= 15 is 0 Å². The van der Waals surface area contributed by atoms with Crippen LogP contribution in [0.3, 0.4) is 0 Å². The van der Waals surface area contributed by atoms with Crippen molar-refractivity contribution in [2.45, 2.75) is 29.3 Å². The van der Waals surface area contributed by atoms with Crippen molar-refractivity contribution in [1.29, 1.82) is 0 Å². The summed E-state index contributed by atoms with van der Waals surface area (Å²) in [5, 5.41) is 3.09. The third-order valence-corrected chi connectivity index (χ3v) is 7.02. The molecule has 5 rings (SSSR count). The predicted molar refractivity (Wildman–Crippen MR) is 136 cm³/mol. The van der Waals surface area contributed by atoms with Gasteiger partial charge >= 0.3 is 0 Å². The number of rotatable bonds is 6. The highest BCUT2D eigenvalue weighted by atomic mass is 32.2. The number of fused-ring (bicyclic) bond motifs is 1. The maximum Gasteiger partial charge on any atom is 0.255 e. The Morgan fingerprint density at radius 1 is 0.788 bits per heavy atom. The van der Waals surface area contributed by atoms with Gasteiger partial charge in [-0.25, -0.2) is 0 Å². The average Bonchev–Trinajstić information content (AvgIpc) is 2.86. The normalized spacial score (nSPS) is 13.3. The molecular weight excluding hydrogens is 424 g/mol. The molecule has 164 valence electrons. The van der Waals surface area contributed by atoms with Crippen molar-refractivity contribution in [3.63, 3.8) is 0 Å². The van der Waals surface area contributed by atoms with E-state index in [0.29, 0.717) is 5.56 Å². The van der Waals surface area contributed by atoms with Gasteiger partial charge in [-0.15, -0.1) is 0 Å². The molecule has 33 heavy (non-hydrogen) atoms. The van der Waals surface area contributed by atoms with Gasteiger partial charge in [0.15, 0.2) is 0 Å². The van der Waals surface area contributed by atoms with Gasteiger partial charge < -0.3 is 5.32 Å². The van der Waals surface area contributed by atoms with Gasteiger partial charge in [0.2, 0.25) is 0 Å². The molecule has 0 spiro atoms. The summed E-state index contributed by atoms with van der Waals surface area (Å²) >= 11 is 1.65. The number of para-hydroxylation sites is 1. The summed E-state index contributed by atoms with van der Waals surface area (Å²) in [5.41, 5.74) is 5.61. The van der Waals surface area contributed by atoms with Crippen molar-refractivity contribution in [2.24, 2.45) is 0 Å². The van der Waals surface area contributed by atoms with E-state index in [1.165, 1.54) is 16.7 Å². The second-order valence-corrected chi connectivity index (χ2v) is 9.41. The SMILES string of the molecule is O=C(Nc1ccccc1Sc1ccccc1)c1ccc(CN2CCc3ccccc3C2)cc1. The van der Waals surface area contributed by atoms with Crippen LogP contribution in [0.5, 0.6) is 0 Å². The Bertz CT molecular complexity index is 1240. The van der Waals surface area contributed by atoms with Crippen molar-refractivity contribution < 1.29 is 4.79 Å². The van der Waals surface area contributed by atoms with Crippen LogP contribution < -0.4 is 5.32 Å². The molecule has 1 aliphatic rings. The molecule has 1 heterocycles. The maximum absolute atomic E-state index is 12.9. The zero-order valence-electron chi connectivity index (χ0n) is 18.4. The standard InChI is InChI=1S/C29H26N2OS/c32-29(30-27-12-6-7-13-28(27)33-26-10-2-1-3-11-26)24-16-14-22(15-17-24)20-31-19-18-23-8-4-5-9-25(23)21-31/h1-17H,18-21H2,(H,30,32). The fourth-order valence-corrected chi connectivity index (χ4v) is 5.10. The van der Waals surface area contributed by atoms with Gasteiger partial charge in [0.25, 0.3) is 5.91 Å². The highest BCUT2D eigenvalue weighted by Gasteiger charge is 2.16. The fourth-order valence-electron chi connectivity index (χ4n) is 4.18. The van der Waals surface area contributed by atoms with Crippen LogP contribution in [0.25, 0.3) is 0 Å². The van der Waals surface area contributed by atoms with Gasteiger partial charge in [-0.1, -0.05) is 78.5 Å². The van der Waals surface area contributed by atoms with Crippen LogP contribution in [0.4, 0.5) is 5.69 Å². The van der Waals surface area contributed by atoms with Gasteiger partial charge in [0.05, 0.1) is 5.69 Å². The number of anilines is 1. The number of hydrogen-bond donors (Lipinski definition) is 1. The van der Waals surface area contributed by atoms with Gasteiger partial charge in [-0.2, -0.15) is 0 Å². The van der Waals surface area contributed by atoms with Crippen LogP contribution in [0, 0.1) is 0 Å². The number of hydrogen-bond acceptors (Lipinski definition) is 3. The molecular formula is C29H26N2OS. The molecule has 0 aromatic heterocycles. The molecule has 0 fully saturated rings. The summed E-state index contributed by atoms with van der Waals surface area (Å²) in [6.07, 6.45) is 1.09. The molecule has 1 amide bonds. The maximum atomic E-state index is 12.9. The number of nitrogens with zero attached hydrogens (tertiary/aromatic N) is 1. The zero-order valence-corrected chi connectivity index (χ0v) is 19.2. The Balaban J connectivity index is 1.23. The first-order chi connectivity index (χ1) is 16.2. The number of nitrogens with one attached hydrogen (secondary N) is 1. The monoisotopic (exact) mass is 450 g/mol. The summed E-state index contributed by atoms with van der Waals surface area (Å²) in [6.45, 7) is 2.94.